The van der Waals surface area contributed by atoms with E-state index in [0.717, 1.165) is 6.42 Å². The van der Waals surface area contributed by atoms with Gasteiger partial charge in [-0.25, -0.2) is 0 Å². The molecule has 0 radical (unpaired) electrons. The molecule has 0 spiro atoms. The second kappa shape index (κ2) is 2.86. The summed E-state index contributed by atoms with van der Waals surface area (Å²) >= 11 is 0. The summed E-state index contributed by atoms with van der Waals surface area (Å²) in [6.45, 7) is 4.04. The van der Waals surface area contributed by atoms with Crippen LogP contribution in [-0.4, -0.2) is 16.8 Å². The Balaban J connectivity index is 2.64. The molecule has 0 unspecified atom stereocenters. The zero-order valence-electron chi connectivity index (χ0n) is 6.50. The van der Waals surface area contributed by atoms with Gasteiger partial charge in [-0.15, -0.1) is 0 Å². The van der Waals surface area contributed by atoms with Gasteiger partial charge in [0.1, 0.15) is 0 Å². The molecular formula is C8H13NO. The van der Waals surface area contributed by atoms with Gasteiger partial charge >= 0.3 is 0 Å². The molecule has 10 heavy (non-hydrogen) atoms. The van der Waals surface area contributed by atoms with Gasteiger partial charge in [-0.1, -0.05) is 6.08 Å². The molecule has 1 amide bonds. The minimum atomic E-state index is 0.248. The summed E-state index contributed by atoms with van der Waals surface area (Å²) < 4.78 is 0. The highest BCUT2D eigenvalue weighted by molar-refractivity contribution is 5.78. The fourth-order valence-corrected chi connectivity index (χ4v) is 1.07. The van der Waals surface area contributed by atoms with E-state index < -0.39 is 0 Å². The second-order valence-corrected chi connectivity index (χ2v) is 2.82. The van der Waals surface area contributed by atoms with Crippen molar-refractivity contribution in [1.29, 1.82) is 0 Å². The Kier molecular flexibility index (Phi) is 2.10. The van der Waals surface area contributed by atoms with Gasteiger partial charge in [-0.05, 0) is 20.3 Å². The zero-order valence-corrected chi connectivity index (χ0v) is 6.50. The lowest BCUT2D eigenvalue weighted by Gasteiger charge is -2.25. The maximum atomic E-state index is 11.1. The molecule has 0 aromatic carbocycles. The van der Waals surface area contributed by atoms with Crippen LogP contribution >= 0.6 is 0 Å². The lowest BCUT2D eigenvalue weighted by atomic mass is 10.2. The maximum Gasteiger partial charge on any atom is 0.227 e. The molecule has 1 aliphatic rings. The van der Waals surface area contributed by atoms with Crippen molar-refractivity contribution in [3.63, 3.8) is 0 Å². The first-order valence-corrected chi connectivity index (χ1v) is 3.69. The number of rotatable bonds is 1. The summed E-state index contributed by atoms with van der Waals surface area (Å²) in [6.07, 6.45) is 5.51. The first kappa shape index (κ1) is 7.32. The molecule has 1 heterocycles. The van der Waals surface area contributed by atoms with Crippen LogP contribution in [0, 0.1) is 0 Å². The Hall–Kier alpha value is -0.790. The van der Waals surface area contributed by atoms with Crippen molar-refractivity contribution in [2.24, 2.45) is 0 Å². The minimum absolute atomic E-state index is 0.248. The number of nitrogens with zero attached hydrogens (tertiary/aromatic N) is 1. The van der Waals surface area contributed by atoms with Gasteiger partial charge in [-0.3, -0.25) is 4.79 Å². The molecule has 56 valence electrons. The van der Waals surface area contributed by atoms with Crippen LogP contribution < -0.4 is 0 Å². The molecule has 0 aromatic heterocycles. The molecular weight excluding hydrogens is 126 g/mol. The van der Waals surface area contributed by atoms with E-state index in [4.69, 9.17) is 0 Å². The molecule has 2 nitrogen and oxygen atoms in total. The van der Waals surface area contributed by atoms with Gasteiger partial charge in [-0.2, -0.15) is 0 Å². The summed E-state index contributed by atoms with van der Waals surface area (Å²) in [4.78, 5) is 12.9. The molecule has 0 aromatic rings. The molecule has 0 N–H and O–H groups in total. The predicted octanol–water partition coefficient (Wildman–Crippen LogP) is 1.53. The summed E-state index contributed by atoms with van der Waals surface area (Å²) in [5.74, 6) is 0.248. The summed E-state index contributed by atoms with van der Waals surface area (Å²) in [7, 11) is 0. The highest BCUT2D eigenvalue weighted by Gasteiger charge is 2.15. The smallest absolute Gasteiger partial charge is 0.227 e. The van der Waals surface area contributed by atoms with Crippen LogP contribution in [0.2, 0.25) is 0 Å². The first-order chi connectivity index (χ1) is 4.72. The molecule has 0 fully saturated rings. The SMILES string of the molecule is CC(C)N1C=CCCC1=O. The van der Waals surface area contributed by atoms with Crippen LogP contribution in [0.1, 0.15) is 26.7 Å². The van der Waals surface area contributed by atoms with Crippen LogP contribution in [0.15, 0.2) is 12.3 Å². The number of carbonyl (C=O) groups is 1. The first-order valence-electron chi connectivity index (χ1n) is 3.69. The second-order valence-electron chi connectivity index (χ2n) is 2.82. The monoisotopic (exact) mass is 139 g/mol. The number of hydrogen-bond acceptors (Lipinski definition) is 1. The number of allylic oxidation sites excluding steroid dienone is 1. The lowest BCUT2D eigenvalue weighted by Crippen LogP contribution is -2.33. The Morgan fingerprint density at radius 3 is 2.70 bits per heavy atom. The summed E-state index contributed by atoms with van der Waals surface area (Å²) in [6, 6.07) is 0.309. The van der Waals surface area contributed by atoms with Gasteiger partial charge in [0.2, 0.25) is 5.91 Å². The average Bonchev–Trinajstić information content (AvgIpc) is 1.88. The third kappa shape index (κ3) is 1.38. The van der Waals surface area contributed by atoms with E-state index in [1.54, 1.807) is 4.90 Å². The quantitative estimate of drug-likeness (QED) is 0.539. The van der Waals surface area contributed by atoms with Crippen molar-refractivity contribution in [1.82, 2.24) is 4.90 Å². The van der Waals surface area contributed by atoms with E-state index in [2.05, 4.69) is 0 Å². The van der Waals surface area contributed by atoms with Crippen molar-refractivity contribution >= 4 is 5.91 Å². The van der Waals surface area contributed by atoms with Crippen molar-refractivity contribution < 1.29 is 4.79 Å². The highest BCUT2D eigenvalue weighted by atomic mass is 16.2. The minimum Gasteiger partial charge on any atom is -0.317 e. The average molecular weight is 139 g/mol. The van der Waals surface area contributed by atoms with Crippen LogP contribution in [0.3, 0.4) is 0 Å². The summed E-state index contributed by atoms with van der Waals surface area (Å²) in [5.41, 5.74) is 0. The topological polar surface area (TPSA) is 20.3 Å². The Bertz CT molecular complexity index is 161. The molecule has 0 atom stereocenters. The van der Waals surface area contributed by atoms with Crippen LogP contribution in [0.4, 0.5) is 0 Å². The van der Waals surface area contributed by atoms with E-state index in [-0.39, 0.29) is 5.91 Å². The van der Waals surface area contributed by atoms with Gasteiger partial charge in [0.15, 0.2) is 0 Å². The fraction of sp³-hybridized carbons (Fsp3) is 0.625. The molecule has 0 saturated carbocycles. The Morgan fingerprint density at radius 1 is 1.60 bits per heavy atom. The molecule has 1 rings (SSSR count). The Morgan fingerprint density at radius 2 is 2.30 bits per heavy atom. The molecule has 1 aliphatic heterocycles. The van der Waals surface area contributed by atoms with E-state index in [0.29, 0.717) is 12.5 Å². The van der Waals surface area contributed by atoms with Crippen molar-refractivity contribution in [2.75, 3.05) is 0 Å². The normalized spacial score (nSPS) is 18.7. The lowest BCUT2D eigenvalue weighted by molar-refractivity contribution is -0.130. The number of carbonyl (C=O) groups excluding carboxylic acids is 1. The molecule has 0 aliphatic carbocycles. The van der Waals surface area contributed by atoms with E-state index in [1.165, 1.54) is 0 Å². The maximum absolute atomic E-state index is 11.1. The van der Waals surface area contributed by atoms with Crippen LogP contribution in [-0.2, 0) is 4.79 Å². The van der Waals surface area contributed by atoms with Crippen molar-refractivity contribution in [3.05, 3.63) is 12.3 Å². The van der Waals surface area contributed by atoms with Gasteiger partial charge in [0, 0.05) is 18.7 Å². The van der Waals surface area contributed by atoms with Crippen molar-refractivity contribution in [3.8, 4) is 0 Å². The van der Waals surface area contributed by atoms with E-state index in [9.17, 15) is 4.79 Å². The van der Waals surface area contributed by atoms with E-state index in [1.807, 2.05) is 26.1 Å². The van der Waals surface area contributed by atoms with Crippen LogP contribution in [0.5, 0.6) is 0 Å². The molecule has 0 saturated heterocycles. The summed E-state index contributed by atoms with van der Waals surface area (Å²) in [5, 5.41) is 0. The molecule has 2 heteroatoms. The Labute approximate surface area is 61.5 Å². The standard InChI is InChI=1S/C8H13NO/c1-7(2)9-6-4-3-5-8(9)10/h4,6-7H,3,5H2,1-2H3. The van der Waals surface area contributed by atoms with Crippen molar-refractivity contribution in [2.45, 2.75) is 32.7 Å². The van der Waals surface area contributed by atoms with Gasteiger partial charge in [0.25, 0.3) is 0 Å². The molecule has 0 bridgehead atoms. The van der Waals surface area contributed by atoms with Crippen LogP contribution in [0.25, 0.3) is 0 Å². The predicted molar refractivity (Wildman–Crippen MR) is 40.4 cm³/mol. The fourth-order valence-electron chi connectivity index (χ4n) is 1.07. The van der Waals surface area contributed by atoms with E-state index >= 15 is 0 Å². The third-order valence-corrected chi connectivity index (χ3v) is 1.64. The van der Waals surface area contributed by atoms with Gasteiger partial charge in [0.05, 0.1) is 0 Å². The zero-order chi connectivity index (χ0) is 7.56. The number of hydrogen-bond donors (Lipinski definition) is 0. The van der Waals surface area contributed by atoms with Gasteiger partial charge < -0.3 is 4.90 Å². The largest absolute Gasteiger partial charge is 0.317 e. The highest BCUT2D eigenvalue weighted by Crippen LogP contribution is 2.10. The third-order valence-electron chi connectivity index (χ3n) is 1.64. The number of amides is 1.